The molecule has 28 heavy (non-hydrogen) atoms. The summed E-state index contributed by atoms with van der Waals surface area (Å²) in [6, 6.07) is 21.2. The molecule has 0 saturated carbocycles. The molecule has 1 atom stereocenters. The number of aryl methyl sites for hydroxylation is 1. The first-order valence-corrected chi connectivity index (χ1v) is 9.60. The SMILES string of the molecule is CN(C(=O)Cn1nc(-c2ccccc2)ccc1=O)[C@@H]1CCCc2ccccc21. The normalized spacial score (nSPS) is 15.7. The monoisotopic (exact) mass is 373 g/mol. The highest BCUT2D eigenvalue weighted by atomic mass is 16.2. The second-order valence-electron chi connectivity index (χ2n) is 7.19. The molecule has 5 nitrogen and oxygen atoms in total. The number of carbonyl (C=O) groups excluding carboxylic acids is 1. The molecule has 1 aliphatic rings. The van der Waals surface area contributed by atoms with Gasteiger partial charge in [0.1, 0.15) is 6.54 Å². The van der Waals surface area contributed by atoms with Crippen molar-refractivity contribution >= 4 is 5.91 Å². The van der Waals surface area contributed by atoms with Gasteiger partial charge in [0.05, 0.1) is 11.7 Å². The lowest BCUT2D eigenvalue weighted by atomic mass is 9.87. The lowest BCUT2D eigenvalue weighted by Crippen LogP contribution is -2.38. The van der Waals surface area contributed by atoms with Crippen LogP contribution in [0.25, 0.3) is 11.3 Å². The van der Waals surface area contributed by atoms with E-state index in [0.29, 0.717) is 5.69 Å². The van der Waals surface area contributed by atoms with Crippen molar-refractivity contribution in [2.24, 2.45) is 0 Å². The van der Waals surface area contributed by atoms with Crippen molar-refractivity contribution in [2.45, 2.75) is 31.8 Å². The summed E-state index contributed by atoms with van der Waals surface area (Å²) in [5, 5.41) is 4.41. The van der Waals surface area contributed by atoms with Crippen molar-refractivity contribution in [2.75, 3.05) is 7.05 Å². The topological polar surface area (TPSA) is 55.2 Å². The van der Waals surface area contributed by atoms with Gasteiger partial charge in [0.15, 0.2) is 0 Å². The molecule has 0 saturated heterocycles. The Kier molecular flexibility index (Phi) is 5.06. The third-order valence-electron chi connectivity index (χ3n) is 5.42. The number of carbonyl (C=O) groups is 1. The summed E-state index contributed by atoms with van der Waals surface area (Å²) in [6.45, 7) is -0.0608. The van der Waals surface area contributed by atoms with E-state index < -0.39 is 0 Å². The average molecular weight is 373 g/mol. The van der Waals surface area contributed by atoms with Crippen LogP contribution in [-0.4, -0.2) is 27.6 Å². The molecule has 2 aromatic carbocycles. The van der Waals surface area contributed by atoms with Gasteiger partial charge in [0.2, 0.25) is 5.91 Å². The Morgan fingerprint density at radius 2 is 1.82 bits per heavy atom. The van der Waals surface area contributed by atoms with Gasteiger partial charge in [0.25, 0.3) is 5.56 Å². The zero-order valence-electron chi connectivity index (χ0n) is 15.9. The maximum absolute atomic E-state index is 12.9. The average Bonchev–Trinajstić information content (AvgIpc) is 2.75. The second kappa shape index (κ2) is 7.80. The number of hydrogen-bond donors (Lipinski definition) is 0. The molecule has 0 unspecified atom stereocenters. The van der Waals surface area contributed by atoms with Crippen molar-refractivity contribution in [1.82, 2.24) is 14.7 Å². The van der Waals surface area contributed by atoms with Gasteiger partial charge < -0.3 is 4.90 Å². The Morgan fingerprint density at radius 1 is 1.07 bits per heavy atom. The predicted octanol–water partition coefficient (Wildman–Crippen LogP) is 3.45. The summed E-state index contributed by atoms with van der Waals surface area (Å²) in [7, 11) is 1.82. The lowest BCUT2D eigenvalue weighted by Gasteiger charge is -2.33. The van der Waals surface area contributed by atoms with Gasteiger partial charge in [-0.25, -0.2) is 4.68 Å². The van der Waals surface area contributed by atoms with E-state index >= 15 is 0 Å². The fourth-order valence-electron chi connectivity index (χ4n) is 3.87. The molecule has 0 aliphatic heterocycles. The molecule has 1 aliphatic carbocycles. The van der Waals surface area contributed by atoms with Gasteiger partial charge in [0, 0.05) is 18.7 Å². The molecule has 0 bridgehead atoms. The molecular weight excluding hydrogens is 350 g/mol. The number of rotatable bonds is 4. The van der Waals surface area contributed by atoms with Crippen LogP contribution in [0, 0.1) is 0 Å². The summed E-state index contributed by atoms with van der Waals surface area (Å²) >= 11 is 0. The first-order chi connectivity index (χ1) is 13.6. The van der Waals surface area contributed by atoms with Crippen molar-refractivity contribution < 1.29 is 4.79 Å². The molecule has 142 valence electrons. The zero-order valence-corrected chi connectivity index (χ0v) is 15.9. The molecule has 4 rings (SSSR count). The first-order valence-electron chi connectivity index (χ1n) is 9.60. The second-order valence-corrected chi connectivity index (χ2v) is 7.19. The van der Waals surface area contributed by atoms with E-state index in [1.165, 1.54) is 21.9 Å². The quantitative estimate of drug-likeness (QED) is 0.704. The van der Waals surface area contributed by atoms with Crippen LogP contribution in [0.3, 0.4) is 0 Å². The highest BCUT2D eigenvalue weighted by molar-refractivity contribution is 5.76. The van der Waals surface area contributed by atoms with Gasteiger partial charge in [-0.2, -0.15) is 5.10 Å². The highest BCUT2D eigenvalue weighted by Crippen LogP contribution is 2.33. The summed E-state index contributed by atoms with van der Waals surface area (Å²) < 4.78 is 1.26. The minimum absolute atomic E-state index is 0.0467. The standard InChI is InChI=1S/C23H23N3O2/c1-25(21-13-7-11-17-8-5-6-12-19(17)21)23(28)16-26-22(27)15-14-20(24-26)18-9-3-2-4-10-18/h2-6,8-10,12,14-15,21H,7,11,13,16H2,1H3/t21-/m1/s1. The third kappa shape index (κ3) is 3.60. The summed E-state index contributed by atoms with van der Waals surface area (Å²) in [5.41, 5.74) is 3.84. The third-order valence-corrected chi connectivity index (χ3v) is 5.42. The van der Waals surface area contributed by atoms with Crippen molar-refractivity contribution in [3.63, 3.8) is 0 Å². The van der Waals surface area contributed by atoms with Gasteiger partial charge in [-0.15, -0.1) is 0 Å². The Bertz CT molecular complexity index is 1040. The van der Waals surface area contributed by atoms with Crippen molar-refractivity contribution in [1.29, 1.82) is 0 Å². The Hall–Kier alpha value is -3.21. The van der Waals surface area contributed by atoms with Crippen LogP contribution in [-0.2, 0) is 17.8 Å². The minimum atomic E-state index is -0.273. The molecule has 1 heterocycles. The minimum Gasteiger partial charge on any atom is -0.337 e. The van der Waals surface area contributed by atoms with E-state index in [9.17, 15) is 9.59 Å². The van der Waals surface area contributed by atoms with Crippen LogP contribution in [0.15, 0.2) is 71.5 Å². The predicted molar refractivity (Wildman–Crippen MR) is 109 cm³/mol. The molecule has 0 spiro atoms. The Labute approximate surface area is 164 Å². The Morgan fingerprint density at radius 3 is 2.64 bits per heavy atom. The summed E-state index contributed by atoms with van der Waals surface area (Å²) in [5.74, 6) is -0.110. The number of amides is 1. The largest absolute Gasteiger partial charge is 0.337 e. The van der Waals surface area contributed by atoms with E-state index in [1.54, 1.807) is 11.0 Å². The lowest BCUT2D eigenvalue weighted by molar-refractivity contribution is -0.133. The molecule has 0 fully saturated rings. The fourth-order valence-corrected chi connectivity index (χ4v) is 3.87. The smallest absolute Gasteiger partial charge is 0.267 e. The first kappa shape index (κ1) is 18.2. The zero-order chi connectivity index (χ0) is 19.5. The number of fused-ring (bicyclic) bond motifs is 1. The number of benzene rings is 2. The molecule has 1 amide bonds. The van der Waals surface area contributed by atoms with Crippen LogP contribution in [0.2, 0.25) is 0 Å². The van der Waals surface area contributed by atoms with E-state index in [1.807, 2.05) is 49.5 Å². The van der Waals surface area contributed by atoms with E-state index in [0.717, 1.165) is 24.8 Å². The van der Waals surface area contributed by atoms with E-state index in [2.05, 4.69) is 17.2 Å². The maximum Gasteiger partial charge on any atom is 0.267 e. The Balaban J connectivity index is 1.57. The summed E-state index contributed by atoms with van der Waals surface area (Å²) in [6.07, 6.45) is 3.04. The number of hydrogen-bond acceptors (Lipinski definition) is 3. The van der Waals surface area contributed by atoms with Crippen LogP contribution in [0.5, 0.6) is 0 Å². The number of aromatic nitrogens is 2. The maximum atomic E-state index is 12.9. The van der Waals surface area contributed by atoms with Gasteiger partial charge in [-0.3, -0.25) is 9.59 Å². The number of nitrogens with zero attached hydrogens (tertiary/aromatic N) is 3. The molecule has 3 aromatic rings. The highest BCUT2D eigenvalue weighted by Gasteiger charge is 2.26. The van der Waals surface area contributed by atoms with E-state index in [-0.39, 0.29) is 24.1 Å². The molecule has 0 radical (unpaired) electrons. The van der Waals surface area contributed by atoms with Crippen LogP contribution < -0.4 is 5.56 Å². The van der Waals surface area contributed by atoms with Crippen molar-refractivity contribution in [3.8, 4) is 11.3 Å². The molecule has 5 heteroatoms. The fraction of sp³-hybridized carbons (Fsp3) is 0.261. The number of likely N-dealkylation sites (N-methyl/N-ethyl adjacent to an activating group) is 1. The summed E-state index contributed by atoms with van der Waals surface area (Å²) in [4.78, 5) is 27.0. The van der Waals surface area contributed by atoms with Gasteiger partial charge >= 0.3 is 0 Å². The van der Waals surface area contributed by atoms with Crippen LogP contribution in [0.1, 0.15) is 30.0 Å². The molecular formula is C23H23N3O2. The van der Waals surface area contributed by atoms with Crippen molar-refractivity contribution in [3.05, 3.63) is 88.2 Å². The van der Waals surface area contributed by atoms with Crippen LogP contribution in [0.4, 0.5) is 0 Å². The molecule has 1 aromatic heterocycles. The van der Waals surface area contributed by atoms with Crippen LogP contribution >= 0.6 is 0 Å². The van der Waals surface area contributed by atoms with E-state index in [4.69, 9.17) is 0 Å². The molecule has 0 N–H and O–H groups in total. The van der Waals surface area contributed by atoms with Gasteiger partial charge in [-0.05, 0) is 36.5 Å². The van der Waals surface area contributed by atoms with Gasteiger partial charge in [-0.1, -0.05) is 54.6 Å².